The Morgan fingerprint density at radius 3 is 2.24 bits per heavy atom. The van der Waals surface area contributed by atoms with Crippen LogP contribution in [0.25, 0.3) is 0 Å². The number of halogens is 1. The number of anilines is 1. The highest BCUT2D eigenvalue weighted by atomic mass is 19.1. The SMILES string of the molecule is O=C(C1OC(CCN2CCN(Cc3ccccc3)CC2)CCC1O)N1CCN(c2ccc(F)cc2)CC1. The van der Waals surface area contributed by atoms with Crippen molar-refractivity contribution in [2.24, 2.45) is 0 Å². The molecule has 3 heterocycles. The summed E-state index contributed by atoms with van der Waals surface area (Å²) >= 11 is 0. The number of nitrogens with zero attached hydrogens (tertiary/aromatic N) is 4. The second-order valence-corrected chi connectivity index (χ2v) is 10.5. The van der Waals surface area contributed by atoms with Crippen LogP contribution in [0, 0.1) is 5.82 Å². The minimum Gasteiger partial charge on any atom is -0.390 e. The number of benzene rings is 2. The fourth-order valence-electron chi connectivity index (χ4n) is 5.67. The standard InChI is InChI=1S/C29H39FN4O3/c30-24-6-8-25(9-7-24)33-18-20-34(21-19-33)29(36)28-27(35)11-10-26(37-28)12-13-31-14-16-32(17-15-31)22-23-4-2-1-3-5-23/h1-9,26-28,35H,10-22H2. The van der Waals surface area contributed by atoms with Crippen LogP contribution in [0.1, 0.15) is 24.8 Å². The first kappa shape index (κ1) is 26.1. The average molecular weight is 511 g/mol. The molecule has 0 aliphatic carbocycles. The molecule has 3 atom stereocenters. The molecule has 3 aliphatic heterocycles. The van der Waals surface area contributed by atoms with Gasteiger partial charge in [0.15, 0.2) is 6.10 Å². The number of amides is 1. The molecule has 1 N–H and O–H groups in total. The van der Waals surface area contributed by atoms with Crippen molar-refractivity contribution in [3.8, 4) is 0 Å². The van der Waals surface area contributed by atoms with Crippen molar-refractivity contribution in [3.63, 3.8) is 0 Å². The molecule has 3 fully saturated rings. The lowest BCUT2D eigenvalue weighted by Crippen LogP contribution is -2.56. The highest BCUT2D eigenvalue weighted by Gasteiger charge is 2.38. The number of piperazine rings is 2. The van der Waals surface area contributed by atoms with Gasteiger partial charge < -0.3 is 24.5 Å². The predicted molar refractivity (Wildman–Crippen MR) is 142 cm³/mol. The normalized spacial score (nSPS) is 25.8. The first-order chi connectivity index (χ1) is 18.0. The zero-order valence-electron chi connectivity index (χ0n) is 21.6. The number of aliphatic hydroxyl groups excluding tert-OH is 1. The van der Waals surface area contributed by atoms with Crippen LogP contribution in [0.3, 0.4) is 0 Å². The highest BCUT2D eigenvalue weighted by molar-refractivity contribution is 5.82. The van der Waals surface area contributed by atoms with Crippen LogP contribution in [-0.4, -0.2) is 103 Å². The Labute approximate surface area is 219 Å². The first-order valence-electron chi connectivity index (χ1n) is 13.7. The summed E-state index contributed by atoms with van der Waals surface area (Å²) < 4.78 is 19.4. The van der Waals surface area contributed by atoms with Crippen LogP contribution >= 0.6 is 0 Å². The molecule has 7 nitrogen and oxygen atoms in total. The number of hydrogen-bond donors (Lipinski definition) is 1. The van der Waals surface area contributed by atoms with Crippen LogP contribution < -0.4 is 4.90 Å². The lowest BCUT2D eigenvalue weighted by molar-refractivity contribution is -0.168. The molecule has 0 aromatic heterocycles. The van der Waals surface area contributed by atoms with Gasteiger partial charge in [-0.05, 0) is 49.1 Å². The van der Waals surface area contributed by atoms with E-state index in [1.165, 1.54) is 17.7 Å². The Morgan fingerprint density at radius 2 is 1.54 bits per heavy atom. The zero-order chi connectivity index (χ0) is 25.6. The van der Waals surface area contributed by atoms with Crippen LogP contribution in [0.15, 0.2) is 54.6 Å². The van der Waals surface area contributed by atoms with Crippen molar-refractivity contribution < 1.29 is 19.0 Å². The van der Waals surface area contributed by atoms with E-state index in [2.05, 4.69) is 45.0 Å². The fraction of sp³-hybridized carbons (Fsp3) is 0.552. The zero-order valence-corrected chi connectivity index (χ0v) is 21.6. The molecule has 2 aromatic rings. The van der Waals surface area contributed by atoms with E-state index in [1.807, 2.05) is 4.90 Å². The molecule has 37 heavy (non-hydrogen) atoms. The molecule has 0 saturated carbocycles. The number of ether oxygens (including phenoxy) is 1. The van der Waals surface area contributed by atoms with Crippen LogP contribution in [0.4, 0.5) is 10.1 Å². The van der Waals surface area contributed by atoms with Crippen molar-refractivity contribution in [3.05, 3.63) is 66.0 Å². The number of rotatable bonds is 7. The highest BCUT2D eigenvalue weighted by Crippen LogP contribution is 2.25. The minimum atomic E-state index is -0.779. The van der Waals surface area contributed by atoms with Gasteiger partial charge in [0, 0.05) is 71.1 Å². The average Bonchev–Trinajstić information content (AvgIpc) is 2.94. The van der Waals surface area contributed by atoms with E-state index >= 15 is 0 Å². The molecule has 8 heteroatoms. The third-order valence-electron chi connectivity index (χ3n) is 7.98. The van der Waals surface area contributed by atoms with Gasteiger partial charge in [0.05, 0.1) is 12.2 Å². The molecule has 3 unspecified atom stereocenters. The van der Waals surface area contributed by atoms with Gasteiger partial charge in [0.1, 0.15) is 5.82 Å². The number of hydrogen-bond acceptors (Lipinski definition) is 6. The summed E-state index contributed by atoms with van der Waals surface area (Å²) in [5.74, 6) is -0.355. The smallest absolute Gasteiger partial charge is 0.254 e. The maximum atomic E-state index is 13.2. The quantitative estimate of drug-likeness (QED) is 0.618. The molecule has 0 bridgehead atoms. The van der Waals surface area contributed by atoms with Crippen molar-refractivity contribution in [1.82, 2.24) is 14.7 Å². The van der Waals surface area contributed by atoms with Gasteiger partial charge in [-0.1, -0.05) is 30.3 Å². The lowest BCUT2D eigenvalue weighted by atomic mass is 9.98. The molecule has 3 aliphatic rings. The Bertz CT molecular complexity index is 992. The Morgan fingerprint density at radius 1 is 0.865 bits per heavy atom. The van der Waals surface area contributed by atoms with Crippen molar-refractivity contribution in [1.29, 1.82) is 0 Å². The van der Waals surface area contributed by atoms with Gasteiger partial charge in [-0.15, -0.1) is 0 Å². The van der Waals surface area contributed by atoms with Gasteiger partial charge in [-0.3, -0.25) is 9.69 Å². The molecular formula is C29H39FN4O3. The molecule has 3 saturated heterocycles. The summed E-state index contributed by atoms with van der Waals surface area (Å²) in [6.07, 6.45) is 0.742. The fourth-order valence-corrected chi connectivity index (χ4v) is 5.67. The van der Waals surface area contributed by atoms with E-state index in [1.54, 1.807) is 12.1 Å². The summed E-state index contributed by atoms with van der Waals surface area (Å²) in [4.78, 5) is 22.2. The number of aliphatic hydroxyl groups is 1. The number of carbonyl (C=O) groups is 1. The van der Waals surface area contributed by atoms with Gasteiger partial charge in [0.25, 0.3) is 5.91 Å². The van der Waals surface area contributed by atoms with E-state index in [-0.39, 0.29) is 17.8 Å². The second-order valence-electron chi connectivity index (χ2n) is 10.5. The summed E-state index contributed by atoms with van der Waals surface area (Å²) in [7, 11) is 0. The molecule has 1 amide bonds. The summed E-state index contributed by atoms with van der Waals surface area (Å²) in [5.41, 5.74) is 2.32. The van der Waals surface area contributed by atoms with E-state index in [9.17, 15) is 14.3 Å². The van der Waals surface area contributed by atoms with Gasteiger partial charge in [-0.25, -0.2) is 4.39 Å². The van der Waals surface area contributed by atoms with E-state index in [4.69, 9.17) is 4.74 Å². The van der Waals surface area contributed by atoms with E-state index in [0.717, 1.165) is 57.8 Å². The van der Waals surface area contributed by atoms with E-state index < -0.39 is 12.2 Å². The molecule has 5 rings (SSSR count). The second kappa shape index (κ2) is 12.3. The molecule has 0 radical (unpaired) electrons. The Kier molecular flexibility index (Phi) is 8.71. The lowest BCUT2D eigenvalue weighted by Gasteiger charge is -2.41. The maximum absolute atomic E-state index is 13.2. The molecule has 2 aromatic carbocycles. The third kappa shape index (κ3) is 6.87. The minimum absolute atomic E-state index is 0.000188. The van der Waals surface area contributed by atoms with E-state index in [0.29, 0.717) is 32.6 Å². The summed E-state index contributed by atoms with van der Waals surface area (Å²) in [5, 5.41) is 10.6. The first-order valence-corrected chi connectivity index (χ1v) is 13.7. The monoisotopic (exact) mass is 510 g/mol. The van der Waals surface area contributed by atoms with Gasteiger partial charge >= 0.3 is 0 Å². The summed E-state index contributed by atoms with van der Waals surface area (Å²) in [6.45, 7) is 8.67. The predicted octanol–water partition coefficient (Wildman–Crippen LogP) is 2.59. The van der Waals surface area contributed by atoms with Crippen LogP contribution in [0.5, 0.6) is 0 Å². The van der Waals surface area contributed by atoms with Gasteiger partial charge in [0.2, 0.25) is 0 Å². The van der Waals surface area contributed by atoms with Crippen molar-refractivity contribution in [2.45, 2.75) is 44.1 Å². The van der Waals surface area contributed by atoms with Crippen molar-refractivity contribution in [2.75, 3.05) is 63.8 Å². The maximum Gasteiger partial charge on any atom is 0.254 e. The Balaban J connectivity index is 1.05. The van der Waals surface area contributed by atoms with Crippen molar-refractivity contribution >= 4 is 11.6 Å². The number of carbonyl (C=O) groups excluding carboxylic acids is 1. The molecular weight excluding hydrogens is 471 g/mol. The van der Waals surface area contributed by atoms with Gasteiger partial charge in [-0.2, -0.15) is 0 Å². The molecule has 0 spiro atoms. The summed E-state index contributed by atoms with van der Waals surface area (Å²) in [6, 6.07) is 17.1. The third-order valence-corrected chi connectivity index (χ3v) is 7.98. The van der Waals surface area contributed by atoms with Crippen LogP contribution in [-0.2, 0) is 16.1 Å². The largest absolute Gasteiger partial charge is 0.390 e. The Hall–Kier alpha value is -2.52. The topological polar surface area (TPSA) is 59.5 Å². The molecule has 200 valence electrons. The van der Waals surface area contributed by atoms with Crippen LogP contribution in [0.2, 0.25) is 0 Å².